The van der Waals surface area contributed by atoms with Crippen LogP contribution < -0.4 is 30.2 Å². The van der Waals surface area contributed by atoms with Gasteiger partial charge in [-0.05, 0) is 98.3 Å². The average Bonchev–Trinajstić information content (AvgIpc) is 3.09. The molecule has 0 radical (unpaired) electrons. The van der Waals surface area contributed by atoms with Gasteiger partial charge in [0.15, 0.2) is 0 Å². The molecule has 1 atom stereocenters. The van der Waals surface area contributed by atoms with Crippen molar-refractivity contribution in [3.63, 3.8) is 0 Å². The second-order valence-electron chi connectivity index (χ2n) is 10.4. The van der Waals surface area contributed by atoms with E-state index in [0.717, 1.165) is 23.5 Å². The van der Waals surface area contributed by atoms with Gasteiger partial charge in [0.25, 0.3) is 11.8 Å². The minimum Gasteiger partial charge on any atom is -0.497 e. The zero-order chi connectivity index (χ0) is 33.6. The van der Waals surface area contributed by atoms with E-state index >= 15 is 0 Å². The van der Waals surface area contributed by atoms with E-state index in [9.17, 15) is 14.4 Å². The third kappa shape index (κ3) is 10.4. The van der Waals surface area contributed by atoms with Crippen molar-refractivity contribution in [2.75, 3.05) is 31.5 Å². The topological polar surface area (TPSA) is 115 Å². The molecule has 4 aromatic rings. The molecule has 0 aliphatic rings. The van der Waals surface area contributed by atoms with Crippen LogP contribution in [0.5, 0.6) is 17.2 Å². The quantitative estimate of drug-likeness (QED) is 0.0695. The number of hydrogen-bond acceptors (Lipinski definition) is 7. The number of hydrogen-bond donors (Lipinski definition) is 3. The predicted molar refractivity (Wildman–Crippen MR) is 187 cm³/mol. The summed E-state index contributed by atoms with van der Waals surface area (Å²) in [6, 6.07) is 28.3. The number of benzene rings is 4. The van der Waals surface area contributed by atoms with Crippen LogP contribution in [0.3, 0.4) is 0 Å². The lowest BCUT2D eigenvalue weighted by Crippen LogP contribution is -2.30. The molecule has 3 N–H and O–H groups in total. The van der Waals surface area contributed by atoms with E-state index in [4.69, 9.17) is 14.2 Å². The lowest BCUT2D eigenvalue weighted by Gasteiger charge is -2.14. The van der Waals surface area contributed by atoms with E-state index in [1.165, 1.54) is 24.9 Å². The number of thioether (sulfide) groups is 1. The van der Waals surface area contributed by atoms with Gasteiger partial charge in [0, 0.05) is 27.4 Å². The second-order valence-corrected chi connectivity index (χ2v) is 11.9. The lowest BCUT2D eigenvalue weighted by molar-refractivity contribution is -0.115. The first-order valence-electron chi connectivity index (χ1n) is 15.2. The third-order valence-corrected chi connectivity index (χ3v) is 8.06. The number of amides is 3. The van der Waals surface area contributed by atoms with E-state index < -0.39 is 11.8 Å². The van der Waals surface area contributed by atoms with Gasteiger partial charge in [0.1, 0.15) is 22.9 Å². The molecule has 47 heavy (non-hydrogen) atoms. The molecule has 10 heteroatoms. The zero-order valence-electron chi connectivity index (χ0n) is 26.9. The summed E-state index contributed by atoms with van der Waals surface area (Å²) >= 11 is 1.39. The average molecular weight is 654 g/mol. The van der Waals surface area contributed by atoms with Crippen LogP contribution in [0.15, 0.2) is 108 Å². The Morgan fingerprint density at radius 3 is 2.13 bits per heavy atom. The summed E-state index contributed by atoms with van der Waals surface area (Å²) in [7, 11) is 3.06. The summed E-state index contributed by atoms with van der Waals surface area (Å²) in [6.07, 6.45) is 3.59. The number of carbonyl (C=O) groups excluding carboxylic acids is 3. The first-order valence-corrected chi connectivity index (χ1v) is 16.1. The Morgan fingerprint density at radius 2 is 1.47 bits per heavy atom. The molecule has 0 aromatic heterocycles. The molecule has 244 valence electrons. The first-order chi connectivity index (χ1) is 22.8. The summed E-state index contributed by atoms with van der Waals surface area (Å²) < 4.78 is 16.5. The van der Waals surface area contributed by atoms with Crippen LogP contribution in [0, 0.1) is 0 Å². The Hall–Kier alpha value is -5.22. The Bertz CT molecular complexity index is 1680. The minimum atomic E-state index is -0.533. The maximum absolute atomic E-state index is 13.5. The fourth-order valence-electron chi connectivity index (χ4n) is 4.34. The highest BCUT2D eigenvalue weighted by atomic mass is 32.2. The van der Waals surface area contributed by atoms with Crippen molar-refractivity contribution in [3.8, 4) is 17.2 Å². The molecule has 4 aromatic carbocycles. The molecule has 0 saturated carbocycles. The number of methoxy groups -OCH3 is 2. The molecule has 0 bridgehead atoms. The molecule has 9 nitrogen and oxygen atoms in total. The smallest absolute Gasteiger partial charge is 0.272 e. The van der Waals surface area contributed by atoms with Gasteiger partial charge in [-0.1, -0.05) is 31.5 Å². The second kappa shape index (κ2) is 17.5. The fourth-order valence-corrected chi connectivity index (χ4v) is 5.20. The van der Waals surface area contributed by atoms with Crippen LogP contribution in [0.2, 0.25) is 0 Å². The molecule has 4 rings (SSSR count). The molecule has 0 fully saturated rings. The number of nitrogens with one attached hydrogen (secondary N) is 3. The van der Waals surface area contributed by atoms with Crippen molar-refractivity contribution in [2.45, 2.75) is 36.8 Å². The van der Waals surface area contributed by atoms with Gasteiger partial charge in [0.05, 0.1) is 26.1 Å². The molecule has 1 unspecified atom stereocenters. The van der Waals surface area contributed by atoms with E-state index in [0.29, 0.717) is 40.6 Å². The van der Waals surface area contributed by atoms with Gasteiger partial charge in [-0.25, -0.2) is 0 Å². The van der Waals surface area contributed by atoms with Crippen LogP contribution in [0.25, 0.3) is 6.08 Å². The van der Waals surface area contributed by atoms with Crippen molar-refractivity contribution in [2.24, 2.45) is 0 Å². The predicted octanol–water partition coefficient (Wildman–Crippen LogP) is 7.41. The fraction of sp³-hybridized carbons (Fsp3) is 0.216. The van der Waals surface area contributed by atoms with Crippen LogP contribution in [0.1, 0.15) is 42.6 Å². The maximum Gasteiger partial charge on any atom is 0.272 e. The standard InChI is InChI=1S/C37H39N3O6S/c1-5-6-22-46-30-16-12-28(13-17-30)38-35(41)25(2)47-32-19-14-29(15-20-32)39-37(43)33(40-36(42)26-10-8-7-9-11-26)24-27-23-31(44-3)18-21-34(27)45-4/h7-21,23-25H,5-6,22H2,1-4H3,(H,38,41)(H,39,43)(H,40,42)/b33-24-. The molecular weight excluding hydrogens is 614 g/mol. The van der Waals surface area contributed by atoms with Gasteiger partial charge < -0.3 is 30.2 Å². The Kier molecular flexibility index (Phi) is 12.9. The SMILES string of the molecule is CCCCOc1ccc(NC(=O)C(C)Sc2ccc(NC(=O)/C(=C/c3cc(OC)ccc3OC)NC(=O)c3ccccc3)cc2)cc1. The monoisotopic (exact) mass is 653 g/mol. The Balaban J connectivity index is 1.42. The molecule has 3 amide bonds. The summed E-state index contributed by atoms with van der Waals surface area (Å²) in [5, 5.41) is 8.14. The van der Waals surface area contributed by atoms with Crippen LogP contribution in [0.4, 0.5) is 11.4 Å². The molecule has 0 aliphatic heterocycles. The van der Waals surface area contributed by atoms with E-state index in [1.54, 1.807) is 67.8 Å². The van der Waals surface area contributed by atoms with Gasteiger partial charge in [-0.15, -0.1) is 11.8 Å². The highest BCUT2D eigenvalue weighted by Crippen LogP contribution is 2.28. The van der Waals surface area contributed by atoms with Gasteiger partial charge >= 0.3 is 0 Å². The number of rotatable bonds is 15. The van der Waals surface area contributed by atoms with Crippen molar-refractivity contribution in [1.29, 1.82) is 0 Å². The van der Waals surface area contributed by atoms with Gasteiger partial charge in [-0.2, -0.15) is 0 Å². The highest BCUT2D eigenvalue weighted by Gasteiger charge is 2.18. The van der Waals surface area contributed by atoms with Crippen molar-refractivity contribution < 1.29 is 28.6 Å². The molecule has 0 spiro atoms. The third-order valence-electron chi connectivity index (χ3n) is 6.95. The number of anilines is 2. The molecular formula is C37H39N3O6S. The van der Waals surface area contributed by atoms with Crippen LogP contribution in [-0.4, -0.2) is 43.8 Å². The Morgan fingerprint density at radius 1 is 0.809 bits per heavy atom. The highest BCUT2D eigenvalue weighted by molar-refractivity contribution is 8.00. The zero-order valence-corrected chi connectivity index (χ0v) is 27.7. The minimum absolute atomic E-state index is 0.00899. The van der Waals surface area contributed by atoms with Crippen LogP contribution in [-0.2, 0) is 9.59 Å². The maximum atomic E-state index is 13.5. The van der Waals surface area contributed by atoms with Crippen molar-refractivity contribution >= 4 is 46.9 Å². The number of carbonyl (C=O) groups is 3. The summed E-state index contributed by atoms with van der Waals surface area (Å²) in [6.45, 7) is 4.61. The van der Waals surface area contributed by atoms with Crippen molar-refractivity contribution in [3.05, 3.63) is 114 Å². The number of ether oxygens (including phenoxy) is 3. The largest absolute Gasteiger partial charge is 0.497 e. The van der Waals surface area contributed by atoms with Gasteiger partial charge in [0.2, 0.25) is 5.91 Å². The van der Waals surface area contributed by atoms with Crippen molar-refractivity contribution in [1.82, 2.24) is 5.32 Å². The lowest BCUT2D eigenvalue weighted by atomic mass is 10.1. The Labute approximate surface area is 279 Å². The van der Waals surface area contributed by atoms with Gasteiger partial charge in [-0.3, -0.25) is 14.4 Å². The van der Waals surface area contributed by atoms with E-state index in [-0.39, 0.29) is 16.9 Å². The summed E-state index contributed by atoms with van der Waals surface area (Å²) in [4.78, 5) is 40.2. The van der Waals surface area contributed by atoms with E-state index in [2.05, 4.69) is 22.9 Å². The molecule has 0 aliphatic carbocycles. The normalized spacial score (nSPS) is 11.6. The molecule has 0 heterocycles. The summed E-state index contributed by atoms with van der Waals surface area (Å²) in [5.74, 6) is 0.722. The number of unbranched alkanes of at least 4 members (excludes halogenated alkanes) is 1. The van der Waals surface area contributed by atoms with E-state index in [1.807, 2.05) is 43.3 Å². The van der Waals surface area contributed by atoms with Crippen LogP contribution >= 0.6 is 11.8 Å². The molecule has 0 saturated heterocycles. The first kappa shape index (κ1) is 34.6. The summed E-state index contributed by atoms with van der Waals surface area (Å²) in [5.41, 5.74) is 2.15.